The summed E-state index contributed by atoms with van der Waals surface area (Å²) in [5, 5.41) is 16.3. The quantitative estimate of drug-likeness (QED) is 0.131. The van der Waals surface area contributed by atoms with Crippen LogP contribution in [0, 0.1) is 9.39 Å². The van der Waals surface area contributed by atoms with Crippen molar-refractivity contribution in [1.29, 1.82) is 0 Å². The highest BCUT2D eigenvalue weighted by molar-refractivity contribution is 14.1. The number of hydrogen-bond donors (Lipinski definition) is 2. The van der Waals surface area contributed by atoms with Gasteiger partial charge in [-0.15, -0.1) is 16.8 Å². The first kappa shape index (κ1) is 22.9. The second kappa shape index (κ2) is 11.6. The molecule has 0 aliphatic carbocycles. The van der Waals surface area contributed by atoms with Gasteiger partial charge in [0.2, 0.25) is 0 Å². The van der Waals surface area contributed by atoms with E-state index in [1.54, 1.807) is 18.2 Å². The Hall–Kier alpha value is -2.73. The molecule has 7 nitrogen and oxygen atoms in total. The van der Waals surface area contributed by atoms with E-state index in [1.807, 2.05) is 28.8 Å². The summed E-state index contributed by atoms with van der Waals surface area (Å²) >= 11 is 3.52. The van der Waals surface area contributed by atoms with Crippen LogP contribution in [0.5, 0.6) is 0 Å². The summed E-state index contributed by atoms with van der Waals surface area (Å²) in [5.41, 5.74) is 4.12. The van der Waals surface area contributed by atoms with Crippen LogP contribution < -0.4 is 10.7 Å². The first-order valence-corrected chi connectivity index (χ1v) is 11.3. The number of nitrogens with one attached hydrogen (secondary N) is 2. The number of anilines is 1. The number of nitrogens with zero attached hydrogens (tertiary/aromatic N) is 4. The molecular weight excluding hydrogens is 530 g/mol. The van der Waals surface area contributed by atoms with Gasteiger partial charge in [0.05, 0.1) is 18.5 Å². The van der Waals surface area contributed by atoms with Gasteiger partial charge in [-0.3, -0.25) is 4.79 Å². The zero-order chi connectivity index (χ0) is 22.1. The van der Waals surface area contributed by atoms with Crippen LogP contribution >= 0.6 is 34.4 Å². The second-order valence-electron chi connectivity index (χ2n) is 6.29. The van der Waals surface area contributed by atoms with Crippen molar-refractivity contribution in [3.8, 4) is 0 Å². The molecule has 0 aliphatic heterocycles. The van der Waals surface area contributed by atoms with Crippen molar-refractivity contribution >= 4 is 52.2 Å². The van der Waals surface area contributed by atoms with Gasteiger partial charge >= 0.3 is 0 Å². The van der Waals surface area contributed by atoms with Gasteiger partial charge in [0.15, 0.2) is 11.0 Å². The van der Waals surface area contributed by atoms with E-state index >= 15 is 0 Å². The summed E-state index contributed by atoms with van der Waals surface area (Å²) in [5.74, 6) is 0.265. The second-order valence-corrected chi connectivity index (χ2v) is 8.48. The van der Waals surface area contributed by atoms with Gasteiger partial charge < -0.3 is 9.88 Å². The van der Waals surface area contributed by atoms with Crippen LogP contribution in [0.1, 0.15) is 11.4 Å². The molecule has 1 heterocycles. The average Bonchev–Trinajstić information content (AvgIpc) is 3.15. The van der Waals surface area contributed by atoms with E-state index in [0.717, 1.165) is 15.1 Å². The minimum atomic E-state index is -0.325. The highest BCUT2D eigenvalue weighted by Gasteiger charge is 2.13. The van der Waals surface area contributed by atoms with Crippen molar-refractivity contribution in [2.75, 3.05) is 11.1 Å². The van der Waals surface area contributed by atoms with E-state index < -0.39 is 0 Å². The highest BCUT2D eigenvalue weighted by Crippen LogP contribution is 2.18. The van der Waals surface area contributed by atoms with Crippen LogP contribution in [0.15, 0.2) is 71.4 Å². The Balaban J connectivity index is 1.54. The van der Waals surface area contributed by atoms with Crippen LogP contribution in [-0.2, 0) is 17.9 Å². The van der Waals surface area contributed by atoms with Crippen molar-refractivity contribution in [3.63, 3.8) is 0 Å². The molecule has 0 spiro atoms. The number of thioether (sulfide) groups is 1. The molecule has 0 fully saturated rings. The molecule has 0 bridgehead atoms. The lowest BCUT2D eigenvalue weighted by Gasteiger charge is -2.09. The lowest BCUT2D eigenvalue weighted by Crippen LogP contribution is -2.20. The van der Waals surface area contributed by atoms with Gasteiger partial charge in [-0.25, -0.2) is 9.82 Å². The summed E-state index contributed by atoms with van der Waals surface area (Å²) in [6, 6.07) is 13.9. The molecule has 0 radical (unpaired) electrons. The van der Waals surface area contributed by atoms with Gasteiger partial charge in [-0.1, -0.05) is 30.0 Å². The topological polar surface area (TPSA) is 84.2 Å². The molecule has 2 aromatic carbocycles. The Bertz CT molecular complexity index is 1050. The number of carbonyl (C=O) groups is 1. The first-order valence-electron chi connectivity index (χ1n) is 9.28. The van der Waals surface area contributed by atoms with Crippen molar-refractivity contribution < 1.29 is 9.18 Å². The predicted molar refractivity (Wildman–Crippen MR) is 130 cm³/mol. The number of carbonyl (C=O) groups excluding carboxylic acids is 1. The summed E-state index contributed by atoms with van der Waals surface area (Å²) < 4.78 is 16.0. The number of allylic oxidation sites excluding steroid dienone is 1. The number of hydrazone groups is 1. The van der Waals surface area contributed by atoms with Gasteiger partial charge in [0.1, 0.15) is 5.82 Å². The summed E-state index contributed by atoms with van der Waals surface area (Å²) in [7, 11) is 0. The molecule has 3 rings (SSSR count). The van der Waals surface area contributed by atoms with Crippen molar-refractivity contribution in [1.82, 2.24) is 20.2 Å². The monoisotopic (exact) mass is 550 g/mol. The summed E-state index contributed by atoms with van der Waals surface area (Å²) in [6.07, 6.45) is 3.21. The van der Waals surface area contributed by atoms with E-state index in [2.05, 4.69) is 55.2 Å². The number of halogens is 2. The Morgan fingerprint density at radius 1 is 1.19 bits per heavy atom. The third-order valence-electron chi connectivity index (χ3n) is 4.01. The maximum Gasteiger partial charge on any atom is 0.250 e. The van der Waals surface area contributed by atoms with Crippen LogP contribution in [0.3, 0.4) is 0 Å². The zero-order valence-corrected chi connectivity index (χ0v) is 19.4. The van der Waals surface area contributed by atoms with E-state index in [4.69, 9.17) is 0 Å². The number of aromatic nitrogens is 3. The lowest BCUT2D eigenvalue weighted by atomic mass is 10.2. The Morgan fingerprint density at radius 3 is 2.65 bits per heavy atom. The van der Waals surface area contributed by atoms with Crippen LogP contribution in [0.25, 0.3) is 0 Å². The average molecular weight is 550 g/mol. The minimum absolute atomic E-state index is 0.126. The van der Waals surface area contributed by atoms with Gasteiger partial charge in [0.25, 0.3) is 5.91 Å². The van der Waals surface area contributed by atoms with E-state index in [-0.39, 0.29) is 17.5 Å². The fourth-order valence-electron chi connectivity index (χ4n) is 2.51. The van der Waals surface area contributed by atoms with Crippen molar-refractivity contribution in [2.24, 2.45) is 5.10 Å². The van der Waals surface area contributed by atoms with E-state index in [1.165, 1.54) is 30.1 Å². The molecule has 160 valence electrons. The molecule has 1 amide bonds. The molecule has 10 heteroatoms. The fourth-order valence-corrected chi connectivity index (χ4v) is 3.63. The maximum absolute atomic E-state index is 12.9. The van der Waals surface area contributed by atoms with Gasteiger partial charge in [-0.2, -0.15) is 5.10 Å². The number of hydrogen-bond acceptors (Lipinski definition) is 6. The highest BCUT2D eigenvalue weighted by atomic mass is 127. The van der Waals surface area contributed by atoms with Crippen LogP contribution in [0.4, 0.5) is 10.1 Å². The number of rotatable bonds is 10. The van der Waals surface area contributed by atoms with Crippen LogP contribution in [-0.4, -0.2) is 32.6 Å². The minimum Gasteiger partial charge on any atom is -0.378 e. The Labute approximate surface area is 197 Å². The number of amides is 1. The molecule has 0 saturated heterocycles. The summed E-state index contributed by atoms with van der Waals surface area (Å²) in [6.45, 7) is 4.81. The molecule has 2 N–H and O–H groups in total. The van der Waals surface area contributed by atoms with Gasteiger partial charge in [-0.05, 0) is 64.6 Å². The predicted octanol–water partition coefficient (Wildman–Crippen LogP) is 4.06. The lowest BCUT2D eigenvalue weighted by molar-refractivity contribution is -0.118. The van der Waals surface area contributed by atoms with E-state index in [0.29, 0.717) is 23.8 Å². The van der Waals surface area contributed by atoms with Crippen molar-refractivity contribution in [3.05, 3.63) is 82.0 Å². The molecule has 0 unspecified atom stereocenters. The SMILES string of the molecule is C=CCn1c(CNc2ccc(I)cc2)nnc1SCC(=O)N/N=C/c1ccc(F)cc1. The van der Waals surface area contributed by atoms with E-state index in [9.17, 15) is 9.18 Å². The standard InChI is InChI=1S/C21H20FIN6OS/c1-2-11-29-19(13-24-18-9-7-17(23)8-10-18)26-28-21(29)31-14-20(30)27-25-12-15-3-5-16(22)6-4-15/h2-10,12,24H,1,11,13-14H2,(H,27,30)/b25-12+. The first-order chi connectivity index (χ1) is 15.0. The third-order valence-corrected chi connectivity index (χ3v) is 5.69. The molecule has 0 atom stereocenters. The third kappa shape index (κ3) is 7.17. The number of benzene rings is 2. The van der Waals surface area contributed by atoms with Crippen molar-refractivity contribution in [2.45, 2.75) is 18.2 Å². The normalized spacial score (nSPS) is 10.9. The molecular formula is C21H20FIN6OS. The molecule has 3 aromatic rings. The fraction of sp³-hybridized carbons (Fsp3) is 0.143. The molecule has 0 aliphatic rings. The summed E-state index contributed by atoms with van der Waals surface area (Å²) in [4.78, 5) is 12.1. The molecule has 1 aromatic heterocycles. The maximum atomic E-state index is 12.9. The smallest absolute Gasteiger partial charge is 0.250 e. The molecule has 0 saturated carbocycles. The largest absolute Gasteiger partial charge is 0.378 e. The molecule has 31 heavy (non-hydrogen) atoms. The zero-order valence-electron chi connectivity index (χ0n) is 16.5. The Kier molecular flexibility index (Phi) is 8.59. The van der Waals surface area contributed by atoms with Crippen LogP contribution in [0.2, 0.25) is 0 Å². The Morgan fingerprint density at radius 2 is 1.94 bits per heavy atom. The van der Waals surface area contributed by atoms with Gasteiger partial charge in [0, 0.05) is 15.8 Å².